The zero-order valence-electron chi connectivity index (χ0n) is 8.84. The fourth-order valence-corrected chi connectivity index (χ4v) is 2.10. The predicted octanol–water partition coefficient (Wildman–Crippen LogP) is 1.55. The van der Waals surface area contributed by atoms with Crippen LogP contribution >= 0.6 is 11.8 Å². The average molecular weight is 239 g/mol. The molecule has 5 heteroatoms. The monoisotopic (exact) mass is 239 g/mol. The van der Waals surface area contributed by atoms with Crippen LogP contribution in [-0.2, 0) is 4.74 Å². The second-order valence-electron chi connectivity index (χ2n) is 3.53. The number of alkyl carbamates (subject to hydrolysis) is 1. The molecule has 1 aliphatic heterocycles. The Balaban J connectivity index is 2.19. The average Bonchev–Trinajstić information content (AvgIpc) is 2.70. The van der Waals surface area contributed by atoms with Crippen LogP contribution in [0, 0.1) is 0 Å². The van der Waals surface area contributed by atoms with Gasteiger partial charge in [-0.3, -0.25) is 0 Å². The van der Waals surface area contributed by atoms with E-state index in [1.165, 1.54) is 0 Å². The molecule has 1 heterocycles. The zero-order chi connectivity index (χ0) is 11.5. The van der Waals surface area contributed by atoms with Crippen LogP contribution in [0.25, 0.3) is 0 Å². The minimum Gasteiger partial charge on any atom is -0.439 e. The quantitative estimate of drug-likeness (QED) is 0.786. The molecule has 0 saturated carbocycles. The number of ether oxygens (including phenoxy) is 1. The van der Waals surface area contributed by atoms with Gasteiger partial charge in [0.1, 0.15) is 0 Å². The lowest BCUT2D eigenvalue weighted by Crippen LogP contribution is -2.31. The van der Waals surface area contributed by atoms with Gasteiger partial charge in [0.05, 0.1) is 12.6 Å². The van der Waals surface area contributed by atoms with Crippen LogP contribution in [0.2, 0.25) is 0 Å². The molecule has 1 aliphatic rings. The first-order valence-electron chi connectivity index (χ1n) is 4.96. The third kappa shape index (κ3) is 2.15. The summed E-state index contributed by atoms with van der Waals surface area (Å²) < 4.78 is 5.11. The number of nitrogens with one attached hydrogen (secondary N) is 1. The highest BCUT2D eigenvalue weighted by molar-refractivity contribution is 7.98. The lowest BCUT2D eigenvalue weighted by molar-refractivity contribution is 0.119. The number of cyclic esters (lactones) is 1. The maximum absolute atomic E-state index is 11.1. The summed E-state index contributed by atoms with van der Waals surface area (Å²) in [6.45, 7) is -0.124. The van der Waals surface area contributed by atoms with E-state index in [0.717, 1.165) is 10.5 Å². The van der Waals surface area contributed by atoms with Crippen LogP contribution in [0.4, 0.5) is 4.79 Å². The number of aliphatic hydroxyl groups is 1. The molecule has 4 nitrogen and oxygen atoms in total. The van der Waals surface area contributed by atoms with E-state index in [4.69, 9.17) is 9.84 Å². The molecule has 1 aromatic rings. The fraction of sp³-hybridized carbons (Fsp3) is 0.364. The minimum atomic E-state index is -0.474. The lowest BCUT2D eigenvalue weighted by atomic mass is 10.0. The van der Waals surface area contributed by atoms with E-state index in [2.05, 4.69) is 5.32 Å². The van der Waals surface area contributed by atoms with Crippen molar-refractivity contribution < 1.29 is 14.6 Å². The van der Waals surface area contributed by atoms with E-state index >= 15 is 0 Å². The Morgan fingerprint density at radius 2 is 2.12 bits per heavy atom. The standard InChI is InChI=1S/C11H13NO3S/c1-16-8-4-2-7(3-5-8)10-9(6-13)12-11(14)15-10/h2-5,9-10,13H,6H2,1H3,(H,12,14). The Morgan fingerprint density at radius 1 is 1.44 bits per heavy atom. The molecule has 2 N–H and O–H groups in total. The van der Waals surface area contributed by atoms with Gasteiger partial charge in [-0.1, -0.05) is 12.1 Å². The molecule has 0 spiro atoms. The molecular formula is C11H13NO3S. The van der Waals surface area contributed by atoms with Gasteiger partial charge in [-0.15, -0.1) is 11.8 Å². The molecule has 1 amide bonds. The van der Waals surface area contributed by atoms with Gasteiger partial charge in [0.15, 0.2) is 6.10 Å². The number of amides is 1. The molecule has 2 rings (SSSR count). The zero-order valence-corrected chi connectivity index (χ0v) is 9.66. The third-order valence-electron chi connectivity index (χ3n) is 2.54. The molecule has 16 heavy (non-hydrogen) atoms. The van der Waals surface area contributed by atoms with Gasteiger partial charge >= 0.3 is 6.09 Å². The largest absolute Gasteiger partial charge is 0.439 e. The van der Waals surface area contributed by atoms with Gasteiger partial charge in [-0.05, 0) is 24.0 Å². The van der Waals surface area contributed by atoms with E-state index in [1.807, 2.05) is 30.5 Å². The van der Waals surface area contributed by atoms with Crippen LogP contribution in [0.1, 0.15) is 11.7 Å². The van der Waals surface area contributed by atoms with Crippen molar-refractivity contribution in [2.45, 2.75) is 17.0 Å². The number of hydrogen-bond acceptors (Lipinski definition) is 4. The second kappa shape index (κ2) is 4.76. The van der Waals surface area contributed by atoms with Crippen LogP contribution in [0.5, 0.6) is 0 Å². The van der Waals surface area contributed by atoms with E-state index < -0.39 is 12.2 Å². The highest BCUT2D eigenvalue weighted by atomic mass is 32.2. The van der Waals surface area contributed by atoms with E-state index in [-0.39, 0.29) is 12.6 Å². The third-order valence-corrected chi connectivity index (χ3v) is 3.29. The summed E-state index contributed by atoms with van der Waals surface area (Å²) in [6.07, 6.45) is 1.13. The fourth-order valence-electron chi connectivity index (χ4n) is 1.69. The number of hydrogen-bond donors (Lipinski definition) is 2. The molecule has 0 aliphatic carbocycles. The maximum atomic E-state index is 11.1. The Labute approximate surface area is 98.0 Å². The van der Waals surface area contributed by atoms with Crippen molar-refractivity contribution in [2.24, 2.45) is 0 Å². The number of rotatable bonds is 3. The molecular weight excluding hydrogens is 226 g/mol. The van der Waals surface area contributed by atoms with Crippen molar-refractivity contribution in [3.05, 3.63) is 29.8 Å². The highest BCUT2D eigenvalue weighted by Gasteiger charge is 2.34. The Bertz CT molecular complexity index is 379. The lowest BCUT2D eigenvalue weighted by Gasteiger charge is -2.14. The van der Waals surface area contributed by atoms with Crippen molar-refractivity contribution in [1.82, 2.24) is 5.32 Å². The second-order valence-corrected chi connectivity index (χ2v) is 4.41. The van der Waals surface area contributed by atoms with Crippen molar-refractivity contribution >= 4 is 17.9 Å². The predicted molar refractivity (Wildman–Crippen MR) is 61.5 cm³/mol. The van der Waals surface area contributed by atoms with Crippen LogP contribution < -0.4 is 5.32 Å². The first kappa shape index (κ1) is 11.3. The maximum Gasteiger partial charge on any atom is 0.408 e. The number of aliphatic hydroxyl groups excluding tert-OH is 1. The van der Waals surface area contributed by atoms with Gasteiger partial charge in [-0.25, -0.2) is 4.79 Å². The summed E-state index contributed by atoms with van der Waals surface area (Å²) in [4.78, 5) is 12.2. The van der Waals surface area contributed by atoms with Crippen LogP contribution in [0.3, 0.4) is 0 Å². The molecule has 1 fully saturated rings. The molecule has 2 atom stereocenters. The smallest absolute Gasteiger partial charge is 0.408 e. The van der Waals surface area contributed by atoms with Gasteiger partial charge in [0.25, 0.3) is 0 Å². The van der Waals surface area contributed by atoms with Crippen molar-refractivity contribution in [1.29, 1.82) is 0 Å². The van der Waals surface area contributed by atoms with Crippen LogP contribution in [0.15, 0.2) is 29.2 Å². The highest BCUT2D eigenvalue weighted by Crippen LogP contribution is 2.27. The summed E-state index contributed by atoms with van der Waals surface area (Å²) in [5.41, 5.74) is 0.898. The molecule has 1 aromatic carbocycles. The van der Waals surface area contributed by atoms with Crippen molar-refractivity contribution in [2.75, 3.05) is 12.9 Å². The SMILES string of the molecule is CSc1ccc(C2OC(=O)NC2CO)cc1. The van der Waals surface area contributed by atoms with Crippen LogP contribution in [-0.4, -0.2) is 30.1 Å². The first-order chi connectivity index (χ1) is 7.74. The van der Waals surface area contributed by atoms with E-state index in [1.54, 1.807) is 11.8 Å². The molecule has 2 unspecified atom stereocenters. The van der Waals surface area contributed by atoms with E-state index in [0.29, 0.717) is 0 Å². The molecule has 1 saturated heterocycles. The van der Waals surface area contributed by atoms with Gasteiger partial charge in [0, 0.05) is 4.90 Å². The number of benzene rings is 1. The molecule has 86 valence electrons. The van der Waals surface area contributed by atoms with Crippen molar-refractivity contribution in [3.63, 3.8) is 0 Å². The van der Waals surface area contributed by atoms with Crippen molar-refractivity contribution in [3.8, 4) is 0 Å². The van der Waals surface area contributed by atoms with Gasteiger partial charge in [0.2, 0.25) is 0 Å². The number of thioether (sulfide) groups is 1. The summed E-state index contributed by atoms with van der Waals surface area (Å²) in [5.74, 6) is 0. The Kier molecular flexibility index (Phi) is 3.36. The van der Waals surface area contributed by atoms with E-state index in [9.17, 15) is 4.79 Å². The minimum absolute atomic E-state index is 0.124. The van der Waals surface area contributed by atoms with Gasteiger partial charge in [-0.2, -0.15) is 0 Å². The summed E-state index contributed by atoms with van der Waals surface area (Å²) >= 11 is 1.65. The normalized spacial score (nSPS) is 24.0. The summed E-state index contributed by atoms with van der Waals surface area (Å²) in [5, 5.41) is 11.7. The summed E-state index contributed by atoms with van der Waals surface area (Å²) in [7, 11) is 0. The topological polar surface area (TPSA) is 58.6 Å². The van der Waals surface area contributed by atoms with Gasteiger partial charge < -0.3 is 15.2 Å². The molecule has 0 radical (unpaired) electrons. The summed E-state index contributed by atoms with van der Waals surface area (Å²) in [6, 6.07) is 7.42. The number of carbonyl (C=O) groups is 1. The molecule has 0 bridgehead atoms. The number of carbonyl (C=O) groups excluding carboxylic acids is 1. The molecule has 0 aromatic heterocycles. The Morgan fingerprint density at radius 3 is 2.69 bits per heavy atom. The Hall–Kier alpha value is -1.20. The first-order valence-corrected chi connectivity index (χ1v) is 6.19.